The summed E-state index contributed by atoms with van der Waals surface area (Å²) in [6, 6.07) is 6.82. The third-order valence-corrected chi connectivity index (χ3v) is 3.23. The Morgan fingerprint density at radius 3 is 2.75 bits per heavy atom. The second kappa shape index (κ2) is 6.53. The molecule has 0 radical (unpaired) electrons. The first kappa shape index (κ1) is 15.7. The summed E-state index contributed by atoms with van der Waals surface area (Å²) in [5.41, 5.74) is 0.674. The van der Waals surface area contributed by atoms with Crippen LogP contribution in [-0.4, -0.2) is 22.4 Å². The lowest BCUT2D eigenvalue weighted by Gasteiger charge is -2.01. The molecule has 0 atom stereocenters. The number of furan rings is 1. The van der Waals surface area contributed by atoms with Crippen molar-refractivity contribution in [2.75, 3.05) is 6.61 Å². The van der Waals surface area contributed by atoms with Crippen molar-refractivity contribution >= 4 is 5.97 Å². The molecule has 2 aromatic heterocycles. The van der Waals surface area contributed by atoms with Crippen LogP contribution in [0.1, 0.15) is 23.0 Å². The van der Waals surface area contributed by atoms with E-state index in [0.29, 0.717) is 5.56 Å². The summed E-state index contributed by atoms with van der Waals surface area (Å²) < 4.78 is 29.2. The van der Waals surface area contributed by atoms with E-state index in [1.807, 2.05) is 0 Å². The predicted octanol–water partition coefficient (Wildman–Crippen LogP) is 2.46. The molecule has 0 amide bonds. The van der Waals surface area contributed by atoms with Crippen LogP contribution in [-0.2, 0) is 11.3 Å². The van der Waals surface area contributed by atoms with Crippen molar-refractivity contribution in [3.63, 3.8) is 0 Å². The zero-order valence-electron chi connectivity index (χ0n) is 12.7. The fourth-order valence-corrected chi connectivity index (χ4v) is 2.11. The number of carbonyl (C=O) groups excluding carboxylic acids is 1. The zero-order chi connectivity index (χ0) is 17.1. The maximum absolute atomic E-state index is 12.9. The number of carbonyl (C=O) groups is 1. The van der Waals surface area contributed by atoms with Gasteiger partial charge in [-0.05, 0) is 37.3 Å². The lowest BCUT2D eigenvalue weighted by Crippen LogP contribution is -2.18. The number of hydrogen-bond donors (Lipinski definition) is 0. The average Bonchev–Trinajstić information content (AvgIpc) is 3.16. The van der Waals surface area contributed by atoms with Crippen molar-refractivity contribution < 1.29 is 22.8 Å². The maximum Gasteiger partial charge on any atom is 0.437 e. The van der Waals surface area contributed by atoms with Crippen LogP contribution < -0.4 is 5.76 Å². The fraction of sp³-hybridized carbons (Fsp3) is 0.188. The van der Waals surface area contributed by atoms with Gasteiger partial charge in [0.15, 0.2) is 0 Å². The number of aromatic nitrogens is 2. The quantitative estimate of drug-likeness (QED) is 0.667. The van der Waals surface area contributed by atoms with Crippen molar-refractivity contribution in [1.29, 1.82) is 0 Å². The minimum Gasteiger partial charge on any atom is -0.466 e. The number of hydrogen-bond acceptors (Lipinski definition) is 6. The minimum atomic E-state index is -0.722. The summed E-state index contributed by atoms with van der Waals surface area (Å²) in [5.74, 6) is -1.40. The molecule has 0 N–H and O–H groups in total. The van der Waals surface area contributed by atoms with Crippen molar-refractivity contribution in [2.24, 2.45) is 0 Å². The van der Waals surface area contributed by atoms with Crippen molar-refractivity contribution in [2.45, 2.75) is 13.5 Å². The Labute approximate surface area is 135 Å². The highest BCUT2D eigenvalue weighted by Gasteiger charge is 2.19. The van der Waals surface area contributed by atoms with Crippen molar-refractivity contribution in [1.82, 2.24) is 9.78 Å². The number of benzene rings is 1. The van der Waals surface area contributed by atoms with E-state index < -0.39 is 17.5 Å². The molecule has 0 aliphatic rings. The first-order valence-corrected chi connectivity index (χ1v) is 7.16. The Morgan fingerprint density at radius 1 is 1.29 bits per heavy atom. The normalized spacial score (nSPS) is 10.8. The van der Waals surface area contributed by atoms with Gasteiger partial charge in [-0.15, -0.1) is 5.10 Å². The highest BCUT2D eigenvalue weighted by atomic mass is 19.1. The Morgan fingerprint density at radius 2 is 2.04 bits per heavy atom. The van der Waals surface area contributed by atoms with Gasteiger partial charge in [0.2, 0.25) is 5.89 Å². The van der Waals surface area contributed by atoms with Gasteiger partial charge in [0.25, 0.3) is 0 Å². The summed E-state index contributed by atoms with van der Waals surface area (Å²) in [5, 5.41) is 4.03. The van der Waals surface area contributed by atoms with Gasteiger partial charge < -0.3 is 13.6 Å². The number of rotatable bonds is 5. The highest BCUT2D eigenvalue weighted by molar-refractivity contribution is 5.90. The maximum atomic E-state index is 12.9. The molecule has 0 bridgehead atoms. The summed E-state index contributed by atoms with van der Waals surface area (Å²) in [7, 11) is 0. The number of ether oxygens (including phenoxy) is 1. The van der Waals surface area contributed by atoms with Crippen LogP contribution in [0.25, 0.3) is 11.5 Å². The topological polar surface area (TPSA) is 87.5 Å². The monoisotopic (exact) mass is 332 g/mol. The molecule has 3 rings (SSSR count). The predicted molar refractivity (Wildman–Crippen MR) is 79.9 cm³/mol. The Hall–Kier alpha value is -3.16. The van der Waals surface area contributed by atoms with Crippen molar-refractivity contribution in [3.05, 3.63) is 64.3 Å². The fourth-order valence-electron chi connectivity index (χ4n) is 2.11. The van der Waals surface area contributed by atoms with E-state index >= 15 is 0 Å². The van der Waals surface area contributed by atoms with E-state index in [-0.39, 0.29) is 30.4 Å². The van der Waals surface area contributed by atoms with E-state index in [0.717, 1.165) is 4.68 Å². The molecule has 7 nitrogen and oxygen atoms in total. The van der Waals surface area contributed by atoms with E-state index in [1.165, 1.54) is 36.6 Å². The first-order chi connectivity index (χ1) is 11.6. The molecule has 24 heavy (non-hydrogen) atoms. The Balaban J connectivity index is 1.87. The van der Waals surface area contributed by atoms with Crippen LogP contribution in [0.15, 0.2) is 50.2 Å². The van der Waals surface area contributed by atoms with Gasteiger partial charge in [-0.1, -0.05) is 0 Å². The summed E-state index contributed by atoms with van der Waals surface area (Å²) >= 11 is 0. The summed E-state index contributed by atoms with van der Waals surface area (Å²) in [6.45, 7) is 1.82. The SMILES string of the molecule is CCOC(=O)c1ccoc1Cn1nc(-c2ccc(F)cc2)oc1=O. The lowest BCUT2D eigenvalue weighted by molar-refractivity contribution is 0.0523. The van der Waals surface area contributed by atoms with E-state index in [9.17, 15) is 14.0 Å². The van der Waals surface area contributed by atoms with Crippen LogP contribution in [0.5, 0.6) is 0 Å². The van der Waals surface area contributed by atoms with E-state index in [1.54, 1.807) is 6.92 Å². The lowest BCUT2D eigenvalue weighted by atomic mass is 10.2. The minimum absolute atomic E-state index is 0.0456. The molecule has 8 heteroatoms. The van der Waals surface area contributed by atoms with E-state index in [4.69, 9.17) is 13.6 Å². The zero-order valence-corrected chi connectivity index (χ0v) is 12.7. The molecular weight excluding hydrogens is 319 g/mol. The second-order valence-electron chi connectivity index (χ2n) is 4.82. The summed E-state index contributed by atoms with van der Waals surface area (Å²) in [4.78, 5) is 23.7. The highest BCUT2D eigenvalue weighted by Crippen LogP contribution is 2.17. The van der Waals surface area contributed by atoms with Gasteiger partial charge in [0.05, 0.1) is 12.9 Å². The third-order valence-electron chi connectivity index (χ3n) is 3.23. The number of nitrogens with zero attached hydrogens (tertiary/aromatic N) is 2. The first-order valence-electron chi connectivity index (χ1n) is 7.16. The van der Waals surface area contributed by atoms with Gasteiger partial charge in [-0.25, -0.2) is 14.0 Å². The van der Waals surface area contributed by atoms with Gasteiger partial charge in [-0.3, -0.25) is 0 Å². The van der Waals surface area contributed by atoms with Crippen LogP contribution in [0, 0.1) is 5.82 Å². The van der Waals surface area contributed by atoms with Gasteiger partial charge in [0.1, 0.15) is 23.7 Å². The van der Waals surface area contributed by atoms with Crippen LogP contribution in [0.2, 0.25) is 0 Å². The molecule has 1 aromatic carbocycles. The number of esters is 1. The smallest absolute Gasteiger partial charge is 0.437 e. The Kier molecular flexibility index (Phi) is 4.28. The van der Waals surface area contributed by atoms with Gasteiger partial charge in [0, 0.05) is 5.56 Å². The molecule has 0 unspecified atom stereocenters. The molecular formula is C16H13FN2O5. The van der Waals surface area contributed by atoms with Crippen LogP contribution >= 0.6 is 0 Å². The average molecular weight is 332 g/mol. The van der Waals surface area contributed by atoms with Gasteiger partial charge >= 0.3 is 11.7 Å². The molecule has 2 heterocycles. The van der Waals surface area contributed by atoms with Crippen LogP contribution in [0.4, 0.5) is 4.39 Å². The van der Waals surface area contributed by atoms with Crippen molar-refractivity contribution in [3.8, 4) is 11.5 Å². The molecule has 0 saturated heterocycles. The van der Waals surface area contributed by atoms with Gasteiger partial charge in [-0.2, -0.15) is 4.68 Å². The molecule has 124 valence electrons. The molecule has 0 aliphatic carbocycles. The van der Waals surface area contributed by atoms with Crippen LogP contribution in [0.3, 0.4) is 0 Å². The Bertz CT molecular complexity index is 907. The third kappa shape index (κ3) is 3.12. The molecule has 0 aliphatic heterocycles. The molecule has 3 aromatic rings. The second-order valence-corrected chi connectivity index (χ2v) is 4.82. The standard InChI is InChI=1S/C16H13FN2O5/c1-2-22-15(20)12-7-8-23-13(12)9-19-16(21)24-14(18-19)10-3-5-11(17)6-4-10/h3-8H,2,9H2,1H3. The van der Waals surface area contributed by atoms with E-state index in [2.05, 4.69) is 5.10 Å². The largest absolute Gasteiger partial charge is 0.466 e. The molecule has 0 fully saturated rings. The number of halogens is 1. The summed E-state index contributed by atoms with van der Waals surface area (Å²) in [6.07, 6.45) is 1.33. The molecule has 0 saturated carbocycles. The molecule has 0 spiro atoms.